The first kappa shape index (κ1) is 18.0. The molecule has 0 aromatic rings. The highest BCUT2D eigenvalue weighted by Crippen LogP contribution is 2.62. The molecule has 0 radical (unpaired) electrons. The Morgan fingerprint density at radius 3 is 2.71 bits per heavy atom. The second kappa shape index (κ2) is 6.16. The van der Waals surface area contributed by atoms with E-state index in [-0.39, 0.29) is 11.2 Å². The van der Waals surface area contributed by atoms with Gasteiger partial charge < -0.3 is 4.74 Å². The number of carbonyl (C=O) groups is 2. The van der Waals surface area contributed by atoms with Crippen LogP contribution >= 0.6 is 11.6 Å². The number of ketones is 1. The SMILES string of the molecule is CC(Cl)C(=O)O[C@H]1C[C@H]2C(=CC1=O)CC[C@H]1C(C)(C)CCC[C@]21C. The van der Waals surface area contributed by atoms with Gasteiger partial charge in [-0.05, 0) is 67.8 Å². The van der Waals surface area contributed by atoms with Gasteiger partial charge in [0.05, 0.1) is 0 Å². The van der Waals surface area contributed by atoms with Crippen molar-refractivity contribution in [2.45, 2.75) is 77.7 Å². The molecule has 0 amide bonds. The van der Waals surface area contributed by atoms with Crippen molar-refractivity contribution >= 4 is 23.4 Å². The molecule has 0 spiro atoms. The van der Waals surface area contributed by atoms with Crippen LogP contribution < -0.4 is 0 Å². The zero-order valence-corrected chi connectivity index (χ0v) is 16.0. The molecule has 3 aliphatic carbocycles. The summed E-state index contributed by atoms with van der Waals surface area (Å²) in [6.07, 6.45) is 7.63. The monoisotopic (exact) mass is 352 g/mol. The van der Waals surface area contributed by atoms with Crippen LogP contribution in [0.5, 0.6) is 0 Å². The van der Waals surface area contributed by atoms with E-state index in [0.717, 1.165) is 6.42 Å². The average Bonchev–Trinajstić information content (AvgIpc) is 2.47. The van der Waals surface area contributed by atoms with Crippen molar-refractivity contribution in [3.05, 3.63) is 11.6 Å². The normalized spacial score (nSPS) is 39.3. The first-order valence-electron chi connectivity index (χ1n) is 9.24. The van der Waals surface area contributed by atoms with Gasteiger partial charge in [-0.15, -0.1) is 11.6 Å². The maximum Gasteiger partial charge on any atom is 0.324 e. The van der Waals surface area contributed by atoms with Crippen LogP contribution in [0.2, 0.25) is 0 Å². The van der Waals surface area contributed by atoms with Crippen molar-refractivity contribution in [1.82, 2.24) is 0 Å². The highest BCUT2D eigenvalue weighted by molar-refractivity contribution is 6.29. The number of esters is 1. The molecule has 0 saturated heterocycles. The molecule has 0 aromatic heterocycles. The third-order valence-electron chi connectivity index (χ3n) is 6.92. The molecule has 0 N–H and O–H groups in total. The van der Waals surface area contributed by atoms with Gasteiger partial charge >= 0.3 is 5.97 Å². The van der Waals surface area contributed by atoms with Gasteiger partial charge in [-0.3, -0.25) is 9.59 Å². The van der Waals surface area contributed by atoms with Gasteiger partial charge in [0, 0.05) is 0 Å². The summed E-state index contributed by atoms with van der Waals surface area (Å²) in [4.78, 5) is 24.3. The molecule has 3 rings (SSSR count). The number of hydrogen-bond acceptors (Lipinski definition) is 3. The van der Waals surface area contributed by atoms with Gasteiger partial charge in [0.1, 0.15) is 5.38 Å². The molecule has 0 bridgehead atoms. The Labute approximate surface area is 150 Å². The van der Waals surface area contributed by atoms with Crippen LogP contribution in [-0.4, -0.2) is 23.2 Å². The van der Waals surface area contributed by atoms with E-state index in [4.69, 9.17) is 16.3 Å². The minimum atomic E-state index is -0.716. The topological polar surface area (TPSA) is 43.4 Å². The number of carbonyl (C=O) groups excluding carboxylic acids is 2. The van der Waals surface area contributed by atoms with Crippen molar-refractivity contribution in [3.63, 3.8) is 0 Å². The van der Waals surface area contributed by atoms with E-state index >= 15 is 0 Å². The van der Waals surface area contributed by atoms with Gasteiger partial charge in [0.25, 0.3) is 0 Å². The van der Waals surface area contributed by atoms with E-state index < -0.39 is 17.5 Å². The minimum Gasteiger partial charge on any atom is -0.453 e. The summed E-state index contributed by atoms with van der Waals surface area (Å²) < 4.78 is 5.43. The van der Waals surface area contributed by atoms with E-state index in [9.17, 15) is 9.59 Å². The molecule has 5 atom stereocenters. The lowest BCUT2D eigenvalue weighted by molar-refractivity contribution is -0.156. The average molecular weight is 353 g/mol. The number of allylic oxidation sites excluding steroid dienone is 1. The third-order valence-corrected chi connectivity index (χ3v) is 7.10. The Kier molecular flexibility index (Phi) is 4.61. The molecule has 134 valence electrons. The highest BCUT2D eigenvalue weighted by Gasteiger charge is 2.55. The summed E-state index contributed by atoms with van der Waals surface area (Å²) in [6, 6.07) is 0. The molecule has 0 aliphatic heterocycles. The smallest absolute Gasteiger partial charge is 0.324 e. The lowest BCUT2D eigenvalue weighted by atomic mass is 9.46. The second-order valence-electron chi connectivity index (χ2n) is 8.89. The predicted molar refractivity (Wildman–Crippen MR) is 94.9 cm³/mol. The molecule has 24 heavy (non-hydrogen) atoms. The Morgan fingerprint density at radius 1 is 1.33 bits per heavy atom. The van der Waals surface area contributed by atoms with Gasteiger partial charge in [-0.1, -0.05) is 32.8 Å². The molecule has 1 unspecified atom stereocenters. The van der Waals surface area contributed by atoms with Crippen LogP contribution in [0.3, 0.4) is 0 Å². The number of halogens is 1. The van der Waals surface area contributed by atoms with Crippen molar-refractivity contribution in [3.8, 4) is 0 Å². The number of hydrogen-bond donors (Lipinski definition) is 0. The van der Waals surface area contributed by atoms with Crippen molar-refractivity contribution in [1.29, 1.82) is 0 Å². The number of alkyl halides is 1. The molecule has 2 fully saturated rings. The van der Waals surface area contributed by atoms with E-state index in [2.05, 4.69) is 20.8 Å². The van der Waals surface area contributed by atoms with Crippen LogP contribution in [0.25, 0.3) is 0 Å². The number of ether oxygens (including phenoxy) is 1. The van der Waals surface area contributed by atoms with E-state index in [1.54, 1.807) is 13.0 Å². The first-order chi connectivity index (χ1) is 11.1. The Balaban J connectivity index is 1.87. The number of fused-ring (bicyclic) bond motifs is 3. The fourth-order valence-electron chi connectivity index (χ4n) is 5.75. The standard InChI is InChI=1S/C20H29ClO3/c1-12(21)18(23)24-16-11-14-13(10-15(16)22)6-7-17-19(2,3)8-5-9-20(14,17)4/h10,12,14,16-17H,5-9,11H2,1-4H3/t12?,14-,16-,17-,20+/m0/s1. The summed E-state index contributed by atoms with van der Waals surface area (Å²) in [5, 5.41) is -0.716. The zero-order valence-electron chi connectivity index (χ0n) is 15.2. The van der Waals surface area contributed by atoms with E-state index in [0.29, 0.717) is 23.7 Å². The van der Waals surface area contributed by atoms with Crippen LogP contribution in [0, 0.1) is 22.7 Å². The predicted octanol–water partition coefficient (Wildman–Crippen LogP) is 4.67. The van der Waals surface area contributed by atoms with Gasteiger partial charge in [-0.25, -0.2) is 0 Å². The lowest BCUT2D eigenvalue weighted by Gasteiger charge is -2.59. The fourth-order valence-corrected chi connectivity index (χ4v) is 5.80. The highest BCUT2D eigenvalue weighted by atomic mass is 35.5. The molecule has 0 aromatic carbocycles. The van der Waals surface area contributed by atoms with Gasteiger partial charge in [0.15, 0.2) is 11.9 Å². The molecule has 3 aliphatic rings. The molecular formula is C20H29ClO3. The third kappa shape index (κ3) is 2.94. The lowest BCUT2D eigenvalue weighted by Crippen LogP contribution is -2.52. The molecule has 2 saturated carbocycles. The van der Waals surface area contributed by atoms with Crippen molar-refractivity contribution in [2.75, 3.05) is 0 Å². The molecule has 0 heterocycles. The van der Waals surface area contributed by atoms with Crippen LogP contribution in [0.1, 0.15) is 66.2 Å². The minimum absolute atomic E-state index is 0.0657. The summed E-state index contributed by atoms with van der Waals surface area (Å²) in [5.41, 5.74) is 1.82. The van der Waals surface area contributed by atoms with Crippen LogP contribution in [0.15, 0.2) is 11.6 Å². The van der Waals surface area contributed by atoms with E-state index in [1.807, 2.05) is 0 Å². The fraction of sp³-hybridized carbons (Fsp3) is 0.800. The summed E-state index contributed by atoms with van der Waals surface area (Å²) in [7, 11) is 0. The maximum atomic E-state index is 12.4. The second-order valence-corrected chi connectivity index (χ2v) is 9.55. The largest absolute Gasteiger partial charge is 0.453 e. The Hall–Kier alpha value is -0.830. The summed E-state index contributed by atoms with van der Waals surface area (Å²) in [6.45, 7) is 8.77. The molecule has 4 heteroatoms. The number of rotatable bonds is 2. The Bertz CT molecular complexity index is 577. The maximum absolute atomic E-state index is 12.4. The quantitative estimate of drug-likeness (QED) is 0.536. The van der Waals surface area contributed by atoms with E-state index in [1.165, 1.54) is 31.3 Å². The molecule has 3 nitrogen and oxygen atoms in total. The van der Waals surface area contributed by atoms with Crippen molar-refractivity contribution in [2.24, 2.45) is 22.7 Å². The molecular weight excluding hydrogens is 324 g/mol. The van der Waals surface area contributed by atoms with Crippen LogP contribution in [0.4, 0.5) is 0 Å². The van der Waals surface area contributed by atoms with Crippen molar-refractivity contribution < 1.29 is 14.3 Å². The van der Waals surface area contributed by atoms with Gasteiger partial charge in [-0.2, -0.15) is 0 Å². The summed E-state index contributed by atoms with van der Waals surface area (Å²) in [5.74, 6) is 0.451. The van der Waals surface area contributed by atoms with Gasteiger partial charge in [0.2, 0.25) is 0 Å². The summed E-state index contributed by atoms with van der Waals surface area (Å²) >= 11 is 5.81. The van der Waals surface area contributed by atoms with Crippen LogP contribution in [-0.2, 0) is 14.3 Å². The zero-order chi connectivity index (χ0) is 17.7. The first-order valence-corrected chi connectivity index (χ1v) is 9.67. The Morgan fingerprint density at radius 2 is 2.04 bits per heavy atom.